The number of nitro groups is 1. The molecule has 17 heavy (non-hydrogen) atoms. The smallest absolute Gasteiger partial charge is 0.258 e. The summed E-state index contributed by atoms with van der Waals surface area (Å²) in [6, 6.07) is 10.3. The summed E-state index contributed by atoms with van der Waals surface area (Å²) in [5.41, 5.74) is 1.08. The van der Waals surface area contributed by atoms with Crippen molar-refractivity contribution in [3.63, 3.8) is 0 Å². The van der Waals surface area contributed by atoms with Crippen molar-refractivity contribution in [1.29, 1.82) is 0 Å². The fourth-order valence-corrected chi connectivity index (χ4v) is 1.38. The Hall–Kier alpha value is -2.56. The van der Waals surface area contributed by atoms with E-state index in [9.17, 15) is 10.1 Å². The van der Waals surface area contributed by atoms with E-state index in [2.05, 4.69) is 9.97 Å². The third kappa shape index (κ3) is 2.72. The number of hydrogen-bond acceptors (Lipinski definition) is 4. The molecular formula is C12H9N3O2. The SMILES string of the molecule is O=[N+]([O-])C(=Cc1ccncn1)c1ccccc1. The first-order chi connectivity index (χ1) is 8.27. The highest BCUT2D eigenvalue weighted by atomic mass is 16.6. The number of nitrogens with zero attached hydrogens (tertiary/aromatic N) is 3. The lowest BCUT2D eigenvalue weighted by molar-refractivity contribution is -0.374. The third-order valence-corrected chi connectivity index (χ3v) is 2.16. The normalized spacial score (nSPS) is 11.2. The zero-order chi connectivity index (χ0) is 12.1. The Kier molecular flexibility index (Phi) is 3.20. The predicted molar refractivity (Wildman–Crippen MR) is 63.3 cm³/mol. The van der Waals surface area contributed by atoms with E-state index in [1.807, 2.05) is 6.07 Å². The number of benzene rings is 1. The van der Waals surface area contributed by atoms with Gasteiger partial charge in [0.05, 0.1) is 16.2 Å². The van der Waals surface area contributed by atoms with Crippen molar-refractivity contribution in [1.82, 2.24) is 9.97 Å². The Morgan fingerprint density at radius 1 is 1.24 bits per heavy atom. The summed E-state index contributed by atoms with van der Waals surface area (Å²) in [5.74, 6) is 0. The topological polar surface area (TPSA) is 68.9 Å². The lowest BCUT2D eigenvalue weighted by Crippen LogP contribution is -1.98. The van der Waals surface area contributed by atoms with Crippen molar-refractivity contribution in [2.24, 2.45) is 0 Å². The van der Waals surface area contributed by atoms with Gasteiger partial charge in [0.25, 0.3) is 5.70 Å². The van der Waals surface area contributed by atoms with Crippen LogP contribution in [0.25, 0.3) is 11.8 Å². The number of aromatic nitrogens is 2. The molecule has 0 atom stereocenters. The van der Waals surface area contributed by atoms with Gasteiger partial charge in [-0.05, 0) is 18.2 Å². The molecule has 1 heterocycles. The standard InChI is InChI=1S/C12H9N3O2/c16-15(17)12(10-4-2-1-3-5-10)8-11-6-7-13-9-14-11/h1-9H. The van der Waals surface area contributed by atoms with Crippen LogP contribution in [0.1, 0.15) is 11.3 Å². The second-order valence-electron chi connectivity index (χ2n) is 3.29. The second-order valence-corrected chi connectivity index (χ2v) is 3.29. The highest BCUT2D eigenvalue weighted by Gasteiger charge is 2.13. The highest BCUT2D eigenvalue weighted by molar-refractivity contribution is 5.74. The van der Waals surface area contributed by atoms with Gasteiger partial charge in [-0.25, -0.2) is 9.97 Å². The number of hydrogen-bond donors (Lipinski definition) is 0. The summed E-state index contributed by atoms with van der Waals surface area (Å²) in [6.07, 6.45) is 4.33. The van der Waals surface area contributed by atoms with Crippen LogP contribution < -0.4 is 0 Å². The third-order valence-electron chi connectivity index (χ3n) is 2.16. The van der Waals surface area contributed by atoms with Crippen molar-refractivity contribution in [3.05, 3.63) is 70.3 Å². The summed E-state index contributed by atoms with van der Waals surface area (Å²) >= 11 is 0. The van der Waals surface area contributed by atoms with E-state index in [1.165, 1.54) is 12.4 Å². The molecule has 0 saturated heterocycles. The molecule has 84 valence electrons. The summed E-state index contributed by atoms with van der Waals surface area (Å²) in [6.45, 7) is 0. The minimum atomic E-state index is -0.419. The summed E-state index contributed by atoms with van der Waals surface area (Å²) in [5, 5.41) is 11.0. The van der Waals surface area contributed by atoms with E-state index < -0.39 is 4.92 Å². The fraction of sp³-hybridized carbons (Fsp3) is 0. The molecule has 0 unspecified atom stereocenters. The van der Waals surface area contributed by atoms with E-state index in [1.54, 1.807) is 36.5 Å². The van der Waals surface area contributed by atoms with Crippen molar-refractivity contribution < 1.29 is 4.92 Å². The molecule has 1 aromatic heterocycles. The van der Waals surface area contributed by atoms with E-state index in [0.29, 0.717) is 11.3 Å². The molecule has 0 amide bonds. The van der Waals surface area contributed by atoms with Gasteiger partial charge in [0.15, 0.2) is 0 Å². The Bertz CT molecular complexity index is 538. The molecule has 5 nitrogen and oxygen atoms in total. The highest BCUT2D eigenvalue weighted by Crippen LogP contribution is 2.17. The van der Waals surface area contributed by atoms with Crippen LogP contribution in [0.4, 0.5) is 0 Å². The molecule has 1 aromatic carbocycles. The van der Waals surface area contributed by atoms with Crippen LogP contribution in [-0.2, 0) is 0 Å². The van der Waals surface area contributed by atoms with Crippen LogP contribution >= 0.6 is 0 Å². The minimum Gasteiger partial charge on any atom is -0.258 e. The Balaban J connectivity index is 2.44. The molecule has 2 aromatic rings. The summed E-state index contributed by atoms with van der Waals surface area (Å²) in [4.78, 5) is 18.3. The Labute approximate surface area is 97.6 Å². The van der Waals surface area contributed by atoms with Gasteiger partial charge in [-0.3, -0.25) is 10.1 Å². The molecule has 0 fully saturated rings. The molecule has 0 spiro atoms. The summed E-state index contributed by atoms with van der Waals surface area (Å²) in [7, 11) is 0. The lowest BCUT2D eigenvalue weighted by atomic mass is 10.1. The van der Waals surface area contributed by atoms with Crippen LogP contribution in [0.2, 0.25) is 0 Å². The first-order valence-corrected chi connectivity index (χ1v) is 4.95. The van der Waals surface area contributed by atoms with Crippen molar-refractivity contribution in [2.75, 3.05) is 0 Å². The average Bonchev–Trinajstić information content (AvgIpc) is 2.38. The molecule has 0 saturated carbocycles. The van der Waals surface area contributed by atoms with Gasteiger partial charge in [0, 0.05) is 12.3 Å². The predicted octanol–water partition coefficient (Wildman–Crippen LogP) is 2.25. The number of rotatable bonds is 3. The van der Waals surface area contributed by atoms with Gasteiger partial charge in [-0.1, -0.05) is 18.2 Å². The van der Waals surface area contributed by atoms with Crippen molar-refractivity contribution in [2.45, 2.75) is 0 Å². The van der Waals surface area contributed by atoms with Crippen LogP contribution in [-0.4, -0.2) is 14.9 Å². The van der Waals surface area contributed by atoms with Gasteiger partial charge >= 0.3 is 0 Å². The van der Waals surface area contributed by atoms with Crippen molar-refractivity contribution in [3.8, 4) is 0 Å². The maximum Gasteiger partial charge on any atom is 0.278 e. The lowest BCUT2D eigenvalue weighted by Gasteiger charge is -1.98. The molecule has 0 N–H and O–H groups in total. The van der Waals surface area contributed by atoms with Crippen LogP contribution in [0, 0.1) is 10.1 Å². The quantitative estimate of drug-likeness (QED) is 0.595. The van der Waals surface area contributed by atoms with Crippen LogP contribution in [0.15, 0.2) is 48.9 Å². The first-order valence-electron chi connectivity index (χ1n) is 4.95. The second kappa shape index (κ2) is 4.98. The zero-order valence-electron chi connectivity index (χ0n) is 8.85. The van der Waals surface area contributed by atoms with Crippen molar-refractivity contribution >= 4 is 11.8 Å². The van der Waals surface area contributed by atoms with Gasteiger partial charge in [0.1, 0.15) is 6.33 Å². The average molecular weight is 227 g/mol. The first kappa shape index (κ1) is 10.9. The van der Waals surface area contributed by atoms with Gasteiger partial charge < -0.3 is 0 Å². The van der Waals surface area contributed by atoms with Gasteiger partial charge in [-0.15, -0.1) is 0 Å². The Morgan fingerprint density at radius 3 is 2.59 bits per heavy atom. The van der Waals surface area contributed by atoms with Gasteiger partial charge in [0.2, 0.25) is 0 Å². The monoisotopic (exact) mass is 227 g/mol. The van der Waals surface area contributed by atoms with E-state index in [0.717, 1.165) is 0 Å². The minimum absolute atomic E-state index is 0.0179. The molecule has 0 aliphatic rings. The molecule has 5 heteroatoms. The van der Waals surface area contributed by atoms with Gasteiger partial charge in [-0.2, -0.15) is 0 Å². The molecule has 0 radical (unpaired) electrons. The largest absolute Gasteiger partial charge is 0.278 e. The van der Waals surface area contributed by atoms with Crippen LogP contribution in [0.3, 0.4) is 0 Å². The summed E-state index contributed by atoms with van der Waals surface area (Å²) < 4.78 is 0. The van der Waals surface area contributed by atoms with E-state index in [-0.39, 0.29) is 5.70 Å². The maximum atomic E-state index is 11.0. The Morgan fingerprint density at radius 2 is 2.00 bits per heavy atom. The van der Waals surface area contributed by atoms with Crippen LogP contribution in [0.5, 0.6) is 0 Å². The van der Waals surface area contributed by atoms with E-state index in [4.69, 9.17) is 0 Å². The van der Waals surface area contributed by atoms with E-state index >= 15 is 0 Å². The molecule has 0 aliphatic heterocycles. The zero-order valence-corrected chi connectivity index (χ0v) is 8.85. The maximum absolute atomic E-state index is 11.0. The fourth-order valence-electron chi connectivity index (χ4n) is 1.38. The molecule has 0 aliphatic carbocycles. The molecule has 2 rings (SSSR count). The molecule has 0 bridgehead atoms. The molecular weight excluding hydrogens is 218 g/mol.